The van der Waals surface area contributed by atoms with Gasteiger partial charge in [-0.05, 0) is 36.3 Å². The van der Waals surface area contributed by atoms with E-state index < -0.39 is 6.09 Å². The van der Waals surface area contributed by atoms with Crippen LogP contribution in [0.1, 0.15) is 23.6 Å². The van der Waals surface area contributed by atoms with Crippen molar-refractivity contribution in [2.45, 2.75) is 31.9 Å². The first-order valence-corrected chi connectivity index (χ1v) is 8.26. The van der Waals surface area contributed by atoms with Gasteiger partial charge in [0.25, 0.3) is 0 Å². The number of hydrogen-bond acceptors (Lipinski definition) is 5. The lowest BCUT2D eigenvalue weighted by atomic mass is 10.1. The normalized spacial score (nSPS) is 10.3. The Morgan fingerprint density at radius 1 is 1.27 bits per heavy atom. The fourth-order valence-electron chi connectivity index (χ4n) is 2.09. The van der Waals surface area contributed by atoms with Gasteiger partial charge in [0.2, 0.25) is 0 Å². The van der Waals surface area contributed by atoms with Gasteiger partial charge in [-0.2, -0.15) is 0 Å². The molecule has 1 heterocycles. The molecule has 6 heteroatoms. The van der Waals surface area contributed by atoms with Crippen molar-refractivity contribution in [1.82, 2.24) is 10.2 Å². The van der Waals surface area contributed by atoms with Crippen LogP contribution in [0.5, 0.6) is 0 Å². The van der Waals surface area contributed by atoms with Crippen LogP contribution >= 0.6 is 11.8 Å². The summed E-state index contributed by atoms with van der Waals surface area (Å²) >= 11 is 1.55. The Balaban J connectivity index is 2.02. The van der Waals surface area contributed by atoms with Crippen molar-refractivity contribution < 1.29 is 9.53 Å². The fourth-order valence-corrected chi connectivity index (χ4v) is 2.76. The monoisotopic (exact) mass is 317 g/mol. The van der Waals surface area contributed by atoms with Gasteiger partial charge >= 0.3 is 6.09 Å². The van der Waals surface area contributed by atoms with E-state index in [1.165, 1.54) is 0 Å². The molecule has 1 amide bonds. The summed E-state index contributed by atoms with van der Waals surface area (Å²) in [6.07, 6.45) is 2.27. The van der Waals surface area contributed by atoms with Crippen LogP contribution in [-0.4, -0.2) is 22.5 Å². The molecule has 0 aliphatic heterocycles. The molecule has 1 aromatic heterocycles. The van der Waals surface area contributed by atoms with E-state index in [2.05, 4.69) is 22.4 Å². The molecule has 0 unspecified atom stereocenters. The van der Waals surface area contributed by atoms with Gasteiger partial charge < -0.3 is 4.74 Å². The predicted molar refractivity (Wildman–Crippen MR) is 88.2 cm³/mol. The second-order valence-corrected chi connectivity index (χ2v) is 5.50. The molecule has 0 atom stereocenters. The van der Waals surface area contributed by atoms with E-state index in [0.717, 1.165) is 28.1 Å². The maximum Gasteiger partial charge on any atom is 0.413 e. The lowest BCUT2D eigenvalue weighted by Crippen LogP contribution is -2.17. The lowest BCUT2D eigenvalue weighted by Gasteiger charge is -2.12. The average Bonchev–Trinajstić information content (AvgIpc) is 2.55. The Morgan fingerprint density at radius 3 is 2.64 bits per heavy atom. The molecule has 0 saturated carbocycles. The van der Waals surface area contributed by atoms with Gasteiger partial charge in [-0.25, -0.2) is 4.79 Å². The molecular weight excluding hydrogens is 298 g/mol. The summed E-state index contributed by atoms with van der Waals surface area (Å²) in [5.41, 5.74) is 2.96. The molecule has 2 aromatic rings. The van der Waals surface area contributed by atoms with E-state index >= 15 is 0 Å². The molecule has 0 aliphatic carbocycles. The number of thioether (sulfide) groups is 1. The molecule has 5 nitrogen and oxygen atoms in total. The summed E-state index contributed by atoms with van der Waals surface area (Å²) < 4.78 is 5.19. The van der Waals surface area contributed by atoms with Gasteiger partial charge in [-0.1, -0.05) is 37.3 Å². The van der Waals surface area contributed by atoms with E-state index in [-0.39, 0.29) is 6.61 Å². The van der Waals surface area contributed by atoms with E-state index in [1.54, 1.807) is 11.8 Å². The highest BCUT2D eigenvalue weighted by Gasteiger charge is 2.14. The third kappa shape index (κ3) is 3.98. The van der Waals surface area contributed by atoms with Gasteiger partial charge in [0, 0.05) is 0 Å². The van der Waals surface area contributed by atoms with E-state index in [1.807, 2.05) is 43.5 Å². The van der Waals surface area contributed by atoms with Gasteiger partial charge in [-0.3, -0.25) is 5.32 Å². The SMILES string of the molecule is CCc1c(SC)nnc(NC(=O)OCc2ccccc2)c1C. The largest absolute Gasteiger partial charge is 0.444 e. The van der Waals surface area contributed by atoms with Crippen molar-refractivity contribution in [2.24, 2.45) is 0 Å². The van der Waals surface area contributed by atoms with Gasteiger partial charge in [-0.15, -0.1) is 22.0 Å². The van der Waals surface area contributed by atoms with E-state index in [9.17, 15) is 4.79 Å². The minimum Gasteiger partial charge on any atom is -0.444 e. The summed E-state index contributed by atoms with van der Waals surface area (Å²) in [6.45, 7) is 4.21. The topological polar surface area (TPSA) is 64.1 Å². The van der Waals surface area contributed by atoms with Crippen molar-refractivity contribution >= 4 is 23.7 Å². The van der Waals surface area contributed by atoms with Crippen LogP contribution in [0, 0.1) is 6.92 Å². The number of ether oxygens (including phenoxy) is 1. The predicted octanol–water partition coefficient (Wildman–Crippen LogP) is 3.82. The molecule has 0 radical (unpaired) electrons. The van der Waals surface area contributed by atoms with Crippen LogP contribution in [0.25, 0.3) is 0 Å². The quantitative estimate of drug-likeness (QED) is 0.849. The van der Waals surface area contributed by atoms with Crippen LogP contribution in [-0.2, 0) is 17.8 Å². The summed E-state index contributed by atoms with van der Waals surface area (Å²) in [5.74, 6) is 0.452. The summed E-state index contributed by atoms with van der Waals surface area (Å²) in [5, 5.41) is 11.8. The minimum absolute atomic E-state index is 0.225. The number of carbonyl (C=O) groups is 1. The molecule has 1 aromatic carbocycles. The molecule has 0 aliphatic rings. The van der Waals surface area contributed by atoms with Crippen molar-refractivity contribution in [1.29, 1.82) is 0 Å². The molecule has 116 valence electrons. The van der Waals surface area contributed by atoms with Crippen molar-refractivity contribution in [3.05, 3.63) is 47.0 Å². The van der Waals surface area contributed by atoms with Crippen molar-refractivity contribution in [2.75, 3.05) is 11.6 Å². The maximum absolute atomic E-state index is 11.9. The highest BCUT2D eigenvalue weighted by molar-refractivity contribution is 7.98. The number of benzene rings is 1. The highest BCUT2D eigenvalue weighted by Crippen LogP contribution is 2.24. The van der Waals surface area contributed by atoms with Crippen LogP contribution < -0.4 is 5.32 Å². The van der Waals surface area contributed by atoms with Crippen LogP contribution in [0.4, 0.5) is 10.6 Å². The Hall–Kier alpha value is -2.08. The number of amides is 1. The van der Waals surface area contributed by atoms with Gasteiger partial charge in [0.15, 0.2) is 5.82 Å². The number of anilines is 1. The molecule has 1 N–H and O–H groups in total. The summed E-state index contributed by atoms with van der Waals surface area (Å²) in [4.78, 5) is 11.9. The molecule has 0 bridgehead atoms. The third-order valence-corrected chi connectivity index (χ3v) is 4.00. The minimum atomic E-state index is -0.528. The first kappa shape index (κ1) is 16.3. The Bertz CT molecular complexity index is 647. The van der Waals surface area contributed by atoms with Crippen molar-refractivity contribution in [3.8, 4) is 0 Å². The van der Waals surface area contributed by atoms with Gasteiger partial charge in [0.1, 0.15) is 11.6 Å². The fraction of sp³-hybridized carbons (Fsp3) is 0.312. The second kappa shape index (κ2) is 7.79. The molecule has 2 rings (SSSR count). The summed E-state index contributed by atoms with van der Waals surface area (Å²) in [7, 11) is 0. The number of nitrogens with zero attached hydrogens (tertiary/aromatic N) is 2. The zero-order chi connectivity index (χ0) is 15.9. The number of nitrogens with one attached hydrogen (secondary N) is 1. The first-order chi connectivity index (χ1) is 10.7. The second-order valence-electron chi connectivity index (χ2n) is 4.70. The van der Waals surface area contributed by atoms with Crippen molar-refractivity contribution in [3.63, 3.8) is 0 Å². The number of hydrogen-bond donors (Lipinski definition) is 1. The first-order valence-electron chi connectivity index (χ1n) is 7.03. The molecular formula is C16H19N3O2S. The third-order valence-electron chi connectivity index (χ3n) is 3.29. The number of carbonyl (C=O) groups excluding carboxylic acids is 1. The van der Waals surface area contributed by atoms with Crippen LogP contribution in [0.2, 0.25) is 0 Å². The maximum atomic E-state index is 11.9. The Morgan fingerprint density at radius 2 is 2.00 bits per heavy atom. The summed E-state index contributed by atoms with van der Waals surface area (Å²) in [6, 6.07) is 9.53. The Kier molecular flexibility index (Phi) is 5.77. The standard InChI is InChI=1S/C16H19N3O2S/c1-4-13-11(2)14(18-19-15(13)22-3)17-16(20)21-10-12-8-6-5-7-9-12/h5-9H,4,10H2,1-3H3,(H,17,18,20). The average molecular weight is 317 g/mol. The Labute approximate surface area is 134 Å². The molecule has 0 spiro atoms. The van der Waals surface area contributed by atoms with E-state index in [0.29, 0.717) is 5.82 Å². The smallest absolute Gasteiger partial charge is 0.413 e. The zero-order valence-corrected chi connectivity index (χ0v) is 13.7. The van der Waals surface area contributed by atoms with E-state index in [4.69, 9.17) is 4.74 Å². The zero-order valence-electron chi connectivity index (χ0n) is 12.9. The lowest BCUT2D eigenvalue weighted by molar-refractivity contribution is 0.155. The molecule has 0 fully saturated rings. The highest BCUT2D eigenvalue weighted by atomic mass is 32.2. The number of rotatable bonds is 5. The molecule has 0 saturated heterocycles. The van der Waals surface area contributed by atoms with Crippen LogP contribution in [0.3, 0.4) is 0 Å². The number of aromatic nitrogens is 2. The molecule has 22 heavy (non-hydrogen) atoms. The van der Waals surface area contributed by atoms with Gasteiger partial charge in [0.05, 0.1) is 0 Å². The van der Waals surface area contributed by atoms with Crippen LogP contribution in [0.15, 0.2) is 35.4 Å².